The minimum atomic E-state index is -3.89. The number of nitrogens with one attached hydrogen (secondary N) is 3. The molecule has 1 saturated heterocycles. The maximum Gasteiger partial charge on any atom is 0.410 e. The van der Waals surface area contributed by atoms with Gasteiger partial charge >= 0.3 is 6.09 Å². The smallest absolute Gasteiger partial charge is 0.410 e. The summed E-state index contributed by atoms with van der Waals surface area (Å²) in [5.41, 5.74) is 1.58. The highest BCUT2D eigenvalue weighted by Crippen LogP contribution is 2.45. The van der Waals surface area contributed by atoms with Crippen LogP contribution >= 0.6 is 0 Å². The van der Waals surface area contributed by atoms with Crippen molar-refractivity contribution < 1.29 is 37.1 Å². The lowest BCUT2D eigenvalue weighted by molar-refractivity contribution is -0.143. The molecule has 3 aliphatic heterocycles. The molecule has 5 atom stereocenters. The topological polar surface area (TPSA) is 171 Å². The molecule has 14 heteroatoms. The van der Waals surface area contributed by atoms with Crippen LogP contribution in [-0.4, -0.2) is 83.5 Å². The van der Waals surface area contributed by atoms with Crippen molar-refractivity contribution in [3.8, 4) is 0 Å². The Morgan fingerprint density at radius 2 is 1.81 bits per heavy atom. The van der Waals surface area contributed by atoms with Crippen molar-refractivity contribution in [3.63, 3.8) is 0 Å². The average molecular weight is 736 g/mol. The maximum absolute atomic E-state index is 14.5. The van der Waals surface area contributed by atoms with E-state index in [4.69, 9.17) is 4.74 Å². The van der Waals surface area contributed by atoms with Crippen molar-refractivity contribution >= 4 is 45.8 Å². The third kappa shape index (κ3) is 7.49. The van der Waals surface area contributed by atoms with Gasteiger partial charge in [0.25, 0.3) is 5.91 Å². The number of sulfonamides is 1. The van der Waals surface area contributed by atoms with Crippen LogP contribution in [0.2, 0.25) is 0 Å². The molecule has 0 spiro atoms. The molecular formula is C38H49N5O8S. The molecule has 13 nitrogen and oxygen atoms in total. The Morgan fingerprint density at radius 3 is 2.54 bits per heavy atom. The standard InChI is InChI=1S/C38H49N5O8S/c1-2-27-20-38(27,36(47)41-52(49,50)29-17-18-29)40-34(45)31-19-28-22-43(31)35(46)33(25-12-8-9-13-25)39-32(44)16-7-5-3-4-6-11-24-14-10-15-26-21-42(23-30(24)26)37(48)51-28/h2,6,10-11,14-15,25,27-29,31,33H,1,3-5,7-9,12-13,16-23H2,(H,39,44)(H,40,45)(H,41,47)/b11-6+/t27-,28-,31+,33+,38+/m1/s1. The molecule has 0 unspecified atom stereocenters. The molecule has 3 N–H and O–H groups in total. The van der Waals surface area contributed by atoms with Crippen molar-refractivity contribution in [2.45, 2.75) is 126 Å². The number of amides is 5. The van der Waals surface area contributed by atoms with Crippen molar-refractivity contribution in [1.82, 2.24) is 25.2 Å². The number of hydrogen-bond acceptors (Lipinski definition) is 8. The molecule has 3 aliphatic carbocycles. The Bertz CT molecular complexity index is 1770. The normalized spacial score (nSPS) is 30.7. The van der Waals surface area contributed by atoms with E-state index in [-0.39, 0.29) is 37.6 Å². The largest absolute Gasteiger partial charge is 0.444 e. The lowest BCUT2D eigenvalue weighted by atomic mass is 9.96. The second-order valence-electron chi connectivity index (χ2n) is 15.4. The molecule has 52 heavy (non-hydrogen) atoms. The van der Waals surface area contributed by atoms with Gasteiger partial charge in [-0.05, 0) is 74.0 Å². The summed E-state index contributed by atoms with van der Waals surface area (Å²) in [5, 5.41) is 5.17. The highest BCUT2D eigenvalue weighted by Gasteiger charge is 2.62. The first-order valence-corrected chi connectivity index (χ1v) is 20.4. The molecular weight excluding hydrogens is 687 g/mol. The first-order valence-electron chi connectivity index (χ1n) is 18.8. The van der Waals surface area contributed by atoms with E-state index in [0.29, 0.717) is 32.4 Å². The van der Waals surface area contributed by atoms with Gasteiger partial charge in [0.1, 0.15) is 23.7 Å². The molecule has 280 valence electrons. The fourth-order valence-corrected chi connectivity index (χ4v) is 9.74. The molecule has 0 radical (unpaired) electrons. The molecule has 7 rings (SSSR count). The van der Waals surface area contributed by atoms with Crippen LogP contribution in [-0.2, 0) is 47.0 Å². The number of ether oxygens (including phenoxy) is 1. The van der Waals surface area contributed by atoms with Crippen LogP contribution in [0.1, 0.15) is 100 Å². The van der Waals surface area contributed by atoms with Crippen LogP contribution in [0.25, 0.3) is 6.08 Å². The minimum absolute atomic E-state index is 0.0275. The Balaban J connectivity index is 1.15. The van der Waals surface area contributed by atoms with E-state index in [9.17, 15) is 32.4 Å². The first-order chi connectivity index (χ1) is 25.0. The number of benzene rings is 1. The predicted octanol–water partition coefficient (Wildman–Crippen LogP) is 3.43. The fraction of sp³-hybridized carbons (Fsp3) is 0.605. The van der Waals surface area contributed by atoms with Gasteiger partial charge in [-0.1, -0.05) is 55.7 Å². The molecule has 3 heterocycles. The lowest BCUT2D eigenvalue weighted by Gasteiger charge is -2.32. The quantitative estimate of drug-likeness (QED) is 0.358. The third-order valence-corrected chi connectivity index (χ3v) is 13.5. The van der Waals surface area contributed by atoms with E-state index in [1.807, 2.05) is 18.2 Å². The van der Waals surface area contributed by atoms with E-state index < -0.39 is 68.7 Å². The van der Waals surface area contributed by atoms with Crippen LogP contribution in [0.5, 0.6) is 0 Å². The molecule has 4 bridgehead atoms. The molecule has 5 amide bonds. The van der Waals surface area contributed by atoms with Crippen molar-refractivity contribution in [2.75, 3.05) is 6.54 Å². The first kappa shape index (κ1) is 36.2. The number of carbonyl (C=O) groups is 5. The van der Waals surface area contributed by atoms with Crippen LogP contribution in [0.15, 0.2) is 36.9 Å². The Labute approximate surface area is 305 Å². The zero-order chi connectivity index (χ0) is 36.6. The summed E-state index contributed by atoms with van der Waals surface area (Å²) in [6, 6.07) is 3.99. The van der Waals surface area contributed by atoms with Gasteiger partial charge < -0.3 is 20.3 Å². The monoisotopic (exact) mass is 735 g/mol. The summed E-state index contributed by atoms with van der Waals surface area (Å²) in [6.07, 6.45) is 12.3. The van der Waals surface area contributed by atoms with E-state index in [1.165, 1.54) is 11.0 Å². The highest BCUT2D eigenvalue weighted by atomic mass is 32.2. The number of allylic oxidation sites excluding steroid dienone is 1. The van der Waals surface area contributed by atoms with Gasteiger partial charge in [-0.3, -0.25) is 28.8 Å². The number of fused-ring (bicyclic) bond motifs is 3. The van der Waals surface area contributed by atoms with E-state index in [0.717, 1.165) is 61.6 Å². The zero-order valence-electron chi connectivity index (χ0n) is 29.5. The van der Waals surface area contributed by atoms with E-state index in [1.54, 1.807) is 4.90 Å². The minimum Gasteiger partial charge on any atom is -0.444 e. The van der Waals surface area contributed by atoms with Crippen molar-refractivity contribution in [3.05, 3.63) is 53.6 Å². The highest BCUT2D eigenvalue weighted by molar-refractivity contribution is 7.91. The SMILES string of the molecule is C=C[C@@H]1C[C@@]1(NC(=O)[C@@H]1C[C@@H]2CN1C(=O)[C@H](C1CCCC1)NC(=O)CCCCC/C=C/c1cccc3c1CN(C3)C(=O)O2)C(=O)NS(=O)(=O)C1CC1. The van der Waals surface area contributed by atoms with Gasteiger partial charge in [-0.15, -0.1) is 6.58 Å². The Hall–Kier alpha value is -4.20. The predicted molar refractivity (Wildman–Crippen MR) is 191 cm³/mol. The number of rotatable bonds is 7. The van der Waals surface area contributed by atoms with Gasteiger partial charge in [-0.2, -0.15) is 0 Å². The molecule has 4 fully saturated rings. The summed E-state index contributed by atoms with van der Waals surface area (Å²) < 4.78 is 33.5. The fourth-order valence-electron chi connectivity index (χ4n) is 8.38. The van der Waals surface area contributed by atoms with E-state index >= 15 is 0 Å². The van der Waals surface area contributed by atoms with Gasteiger partial charge in [0, 0.05) is 25.3 Å². The zero-order valence-corrected chi connectivity index (χ0v) is 30.3. The van der Waals surface area contributed by atoms with Gasteiger partial charge in [-0.25, -0.2) is 13.2 Å². The molecule has 3 saturated carbocycles. The van der Waals surface area contributed by atoms with Gasteiger partial charge in [0.2, 0.25) is 27.7 Å². The third-order valence-electron chi connectivity index (χ3n) is 11.7. The van der Waals surface area contributed by atoms with Gasteiger partial charge in [0.15, 0.2) is 0 Å². The summed E-state index contributed by atoms with van der Waals surface area (Å²) in [5.74, 6) is -2.76. The summed E-state index contributed by atoms with van der Waals surface area (Å²) >= 11 is 0. The molecule has 0 aromatic heterocycles. The van der Waals surface area contributed by atoms with Crippen LogP contribution in [0.4, 0.5) is 4.79 Å². The molecule has 6 aliphatic rings. The molecule has 1 aromatic rings. The van der Waals surface area contributed by atoms with E-state index in [2.05, 4.69) is 34.1 Å². The van der Waals surface area contributed by atoms with Crippen LogP contribution in [0, 0.1) is 11.8 Å². The number of carbonyl (C=O) groups excluding carboxylic acids is 5. The number of hydrogen-bond donors (Lipinski definition) is 3. The summed E-state index contributed by atoms with van der Waals surface area (Å²) in [4.78, 5) is 72.1. The summed E-state index contributed by atoms with van der Waals surface area (Å²) in [6.45, 7) is 4.44. The van der Waals surface area contributed by atoms with Crippen LogP contribution in [0.3, 0.4) is 0 Å². The Morgan fingerprint density at radius 1 is 1.02 bits per heavy atom. The van der Waals surface area contributed by atoms with Gasteiger partial charge in [0.05, 0.1) is 18.3 Å². The molecule has 1 aromatic carbocycles. The van der Waals surface area contributed by atoms with Crippen molar-refractivity contribution in [1.29, 1.82) is 0 Å². The maximum atomic E-state index is 14.5. The van der Waals surface area contributed by atoms with Crippen LogP contribution < -0.4 is 15.4 Å². The number of nitrogens with zero attached hydrogens (tertiary/aromatic N) is 2. The second kappa shape index (κ2) is 14.7. The average Bonchev–Trinajstić information content (AvgIpc) is 3.90. The second-order valence-corrected chi connectivity index (χ2v) is 17.3. The lowest BCUT2D eigenvalue weighted by Crippen LogP contribution is -2.59. The van der Waals surface area contributed by atoms with Crippen molar-refractivity contribution in [2.24, 2.45) is 11.8 Å². The summed E-state index contributed by atoms with van der Waals surface area (Å²) in [7, 11) is -3.89. The Kier molecular flexibility index (Phi) is 10.2.